The standard InChI is InChI=1S/C18H15NO2S/c1-14(20)19(16-10-6-7-11-17(16)22-2)18(21)13-12-15-8-4-3-5-9-15/h3-11H,1-2H3. The highest BCUT2D eigenvalue weighted by Gasteiger charge is 2.20. The maximum absolute atomic E-state index is 12.3. The lowest BCUT2D eigenvalue weighted by molar-refractivity contribution is -0.122. The minimum absolute atomic E-state index is 0.353. The smallest absolute Gasteiger partial charge is 0.274 e. The predicted octanol–water partition coefficient (Wildman–Crippen LogP) is 3.34. The van der Waals surface area contributed by atoms with Crippen LogP contribution >= 0.6 is 11.8 Å². The second kappa shape index (κ2) is 7.48. The summed E-state index contributed by atoms with van der Waals surface area (Å²) in [6.45, 7) is 1.36. The highest BCUT2D eigenvalue weighted by atomic mass is 32.2. The van der Waals surface area contributed by atoms with E-state index in [-0.39, 0.29) is 5.91 Å². The molecule has 0 aromatic heterocycles. The highest BCUT2D eigenvalue weighted by molar-refractivity contribution is 7.98. The fourth-order valence-corrected chi connectivity index (χ4v) is 2.52. The Labute approximate surface area is 134 Å². The molecule has 0 aliphatic carbocycles. The van der Waals surface area contributed by atoms with Crippen molar-refractivity contribution in [1.29, 1.82) is 0 Å². The van der Waals surface area contributed by atoms with Crippen molar-refractivity contribution < 1.29 is 9.59 Å². The fourth-order valence-electron chi connectivity index (χ4n) is 1.94. The molecule has 0 radical (unpaired) electrons. The first kappa shape index (κ1) is 15.9. The third-order valence-electron chi connectivity index (χ3n) is 2.93. The summed E-state index contributed by atoms with van der Waals surface area (Å²) in [7, 11) is 0. The number of carbonyl (C=O) groups is 2. The van der Waals surface area contributed by atoms with Gasteiger partial charge in [0.15, 0.2) is 0 Å². The van der Waals surface area contributed by atoms with Crippen molar-refractivity contribution in [2.24, 2.45) is 0 Å². The third-order valence-corrected chi connectivity index (χ3v) is 3.72. The zero-order chi connectivity index (χ0) is 15.9. The number of para-hydroxylation sites is 1. The quantitative estimate of drug-likeness (QED) is 0.631. The van der Waals surface area contributed by atoms with Gasteiger partial charge in [-0.3, -0.25) is 9.59 Å². The van der Waals surface area contributed by atoms with Crippen molar-refractivity contribution in [3.8, 4) is 11.8 Å². The number of anilines is 1. The van der Waals surface area contributed by atoms with E-state index in [9.17, 15) is 9.59 Å². The first-order valence-electron chi connectivity index (χ1n) is 6.68. The Hall–Kier alpha value is -2.51. The van der Waals surface area contributed by atoms with Gasteiger partial charge in [0.1, 0.15) is 0 Å². The summed E-state index contributed by atoms with van der Waals surface area (Å²) in [5.74, 6) is 4.44. The maximum Gasteiger partial charge on any atom is 0.310 e. The summed E-state index contributed by atoms with van der Waals surface area (Å²) in [4.78, 5) is 26.2. The van der Waals surface area contributed by atoms with E-state index in [0.717, 1.165) is 15.4 Å². The monoisotopic (exact) mass is 309 g/mol. The summed E-state index contributed by atoms with van der Waals surface area (Å²) >= 11 is 1.48. The second-order valence-corrected chi connectivity index (χ2v) is 5.30. The van der Waals surface area contributed by atoms with Crippen LogP contribution in [-0.4, -0.2) is 18.1 Å². The van der Waals surface area contributed by atoms with Gasteiger partial charge in [-0.15, -0.1) is 11.8 Å². The molecule has 0 aliphatic rings. The van der Waals surface area contributed by atoms with E-state index in [1.807, 2.05) is 48.7 Å². The van der Waals surface area contributed by atoms with Crippen LogP contribution in [0.4, 0.5) is 5.69 Å². The molecule has 3 nitrogen and oxygen atoms in total. The lowest BCUT2D eigenvalue weighted by Gasteiger charge is -2.18. The van der Waals surface area contributed by atoms with Crippen molar-refractivity contribution in [2.45, 2.75) is 11.8 Å². The topological polar surface area (TPSA) is 37.4 Å². The van der Waals surface area contributed by atoms with Crippen LogP contribution in [0, 0.1) is 11.8 Å². The van der Waals surface area contributed by atoms with Crippen molar-refractivity contribution >= 4 is 29.3 Å². The SMILES string of the molecule is CSc1ccccc1N(C(C)=O)C(=O)C#Cc1ccccc1. The molecule has 22 heavy (non-hydrogen) atoms. The molecule has 0 saturated carbocycles. The lowest BCUT2D eigenvalue weighted by atomic mass is 10.2. The van der Waals surface area contributed by atoms with E-state index in [0.29, 0.717) is 5.69 Å². The molecule has 2 amide bonds. The summed E-state index contributed by atoms with van der Waals surface area (Å²) in [5, 5.41) is 0. The molecule has 2 rings (SSSR count). The Kier molecular flexibility index (Phi) is 5.40. The van der Waals surface area contributed by atoms with Gasteiger partial charge in [0.2, 0.25) is 5.91 Å². The van der Waals surface area contributed by atoms with E-state index in [1.54, 1.807) is 12.1 Å². The zero-order valence-corrected chi connectivity index (χ0v) is 13.2. The molecule has 0 heterocycles. The molecule has 0 aliphatic heterocycles. The summed E-state index contributed by atoms with van der Waals surface area (Å²) in [5.41, 5.74) is 1.30. The van der Waals surface area contributed by atoms with Gasteiger partial charge in [-0.25, -0.2) is 4.90 Å². The van der Waals surface area contributed by atoms with E-state index < -0.39 is 5.91 Å². The molecular weight excluding hydrogens is 294 g/mol. The Morgan fingerprint density at radius 1 is 1.00 bits per heavy atom. The molecule has 110 valence electrons. The van der Waals surface area contributed by atoms with Gasteiger partial charge in [-0.1, -0.05) is 36.3 Å². The average Bonchev–Trinajstić information content (AvgIpc) is 2.54. The van der Waals surface area contributed by atoms with Gasteiger partial charge < -0.3 is 0 Å². The maximum atomic E-state index is 12.3. The second-order valence-electron chi connectivity index (χ2n) is 4.45. The van der Waals surface area contributed by atoms with Gasteiger partial charge in [0.25, 0.3) is 0 Å². The number of nitrogens with zero attached hydrogens (tertiary/aromatic N) is 1. The number of amides is 2. The number of carbonyl (C=O) groups excluding carboxylic acids is 2. The summed E-state index contributed by atoms with van der Waals surface area (Å²) in [6.07, 6.45) is 1.90. The van der Waals surface area contributed by atoms with E-state index in [4.69, 9.17) is 0 Å². The molecule has 0 unspecified atom stereocenters. The van der Waals surface area contributed by atoms with Crippen LogP contribution in [0.25, 0.3) is 0 Å². The zero-order valence-electron chi connectivity index (χ0n) is 12.4. The molecule has 2 aromatic rings. The number of rotatable bonds is 2. The van der Waals surface area contributed by atoms with Crippen LogP contribution < -0.4 is 4.90 Å². The minimum Gasteiger partial charge on any atom is -0.274 e. The van der Waals surface area contributed by atoms with Crippen LogP contribution in [0.1, 0.15) is 12.5 Å². The number of hydrogen-bond acceptors (Lipinski definition) is 3. The third kappa shape index (κ3) is 3.78. The van der Waals surface area contributed by atoms with Crippen molar-refractivity contribution in [3.05, 3.63) is 60.2 Å². The van der Waals surface area contributed by atoms with Gasteiger partial charge in [0, 0.05) is 23.3 Å². The molecule has 4 heteroatoms. The molecule has 0 spiro atoms. The Bertz CT molecular complexity index is 744. The Morgan fingerprint density at radius 3 is 2.27 bits per heavy atom. The van der Waals surface area contributed by atoms with Gasteiger partial charge in [-0.05, 0) is 30.5 Å². The van der Waals surface area contributed by atoms with E-state index in [2.05, 4.69) is 11.8 Å². The van der Waals surface area contributed by atoms with Crippen LogP contribution in [0.2, 0.25) is 0 Å². The van der Waals surface area contributed by atoms with Crippen molar-refractivity contribution in [1.82, 2.24) is 0 Å². The largest absolute Gasteiger partial charge is 0.310 e. The number of imide groups is 1. The summed E-state index contributed by atoms with van der Waals surface area (Å²) < 4.78 is 0. The molecule has 0 fully saturated rings. The Balaban J connectivity index is 2.35. The van der Waals surface area contributed by atoms with Gasteiger partial charge in [-0.2, -0.15) is 0 Å². The van der Waals surface area contributed by atoms with Gasteiger partial charge in [0.05, 0.1) is 5.69 Å². The first-order chi connectivity index (χ1) is 10.6. The van der Waals surface area contributed by atoms with E-state index in [1.165, 1.54) is 18.7 Å². The van der Waals surface area contributed by atoms with Crippen LogP contribution in [-0.2, 0) is 9.59 Å². The molecular formula is C18H15NO2S. The first-order valence-corrected chi connectivity index (χ1v) is 7.90. The number of hydrogen-bond donors (Lipinski definition) is 0. The van der Waals surface area contributed by atoms with E-state index >= 15 is 0 Å². The van der Waals surface area contributed by atoms with Crippen LogP contribution in [0.3, 0.4) is 0 Å². The highest BCUT2D eigenvalue weighted by Crippen LogP contribution is 2.28. The van der Waals surface area contributed by atoms with Crippen molar-refractivity contribution in [3.63, 3.8) is 0 Å². The molecule has 0 bridgehead atoms. The number of benzene rings is 2. The van der Waals surface area contributed by atoms with Crippen molar-refractivity contribution in [2.75, 3.05) is 11.2 Å². The lowest BCUT2D eigenvalue weighted by Crippen LogP contribution is -2.34. The predicted molar refractivity (Wildman–Crippen MR) is 89.7 cm³/mol. The van der Waals surface area contributed by atoms with Gasteiger partial charge >= 0.3 is 5.91 Å². The molecule has 0 atom stereocenters. The Morgan fingerprint density at radius 2 is 1.64 bits per heavy atom. The number of thioether (sulfide) groups is 1. The average molecular weight is 309 g/mol. The van der Waals surface area contributed by atoms with Crippen LogP contribution in [0.5, 0.6) is 0 Å². The minimum atomic E-state index is -0.530. The fraction of sp³-hybridized carbons (Fsp3) is 0.111. The molecule has 0 N–H and O–H groups in total. The molecule has 2 aromatic carbocycles. The normalized spacial score (nSPS) is 9.55. The summed E-state index contributed by atoms with van der Waals surface area (Å²) in [6, 6.07) is 16.5. The van der Waals surface area contributed by atoms with Crippen LogP contribution in [0.15, 0.2) is 59.5 Å². The molecule has 0 saturated heterocycles.